The molecule has 2 aromatic carbocycles. The molecule has 28 heavy (non-hydrogen) atoms. The van der Waals surface area contributed by atoms with Crippen molar-refractivity contribution in [2.24, 2.45) is 0 Å². The molecule has 2 aromatic rings. The van der Waals surface area contributed by atoms with Gasteiger partial charge in [-0.15, -0.1) is 0 Å². The Bertz CT molecular complexity index is 926. The van der Waals surface area contributed by atoms with Crippen LogP contribution in [-0.2, 0) is 26.2 Å². The Morgan fingerprint density at radius 3 is 2.18 bits per heavy atom. The highest BCUT2D eigenvalue weighted by molar-refractivity contribution is 5.85. The van der Waals surface area contributed by atoms with Crippen LogP contribution in [-0.4, -0.2) is 16.8 Å². The lowest BCUT2D eigenvalue weighted by Crippen LogP contribution is -2.36. The zero-order valence-electron chi connectivity index (χ0n) is 14.3. The standard InChI is InChI=1S/C19H14F3NO5/c20-19(21,22)13-5-3-12(4-6-13)18-10-9-15(24)17(28-18)16(27-18)11-1-7-14(8-2-11)23(25)26/h1-8,16-17H,9-10H2/t16-,17-,18-/m0/s1. The third-order valence-corrected chi connectivity index (χ3v) is 5.01. The van der Waals surface area contributed by atoms with Gasteiger partial charge in [-0.1, -0.05) is 12.1 Å². The molecule has 0 saturated carbocycles. The average Bonchev–Trinajstić information content (AvgIpc) is 3.00. The number of rotatable bonds is 3. The third kappa shape index (κ3) is 3.06. The molecule has 0 amide bonds. The number of non-ortho nitro benzene ring substituents is 1. The van der Waals surface area contributed by atoms with Gasteiger partial charge < -0.3 is 9.47 Å². The lowest BCUT2D eigenvalue weighted by molar-refractivity contribution is -0.384. The van der Waals surface area contributed by atoms with Crippen molar-refractivity contribution in [1.82, 2.24) is 0 Å². The van der Waals surface area contributed by atoms with Gasteiger partial charge >= 0.3 is 6.18 Å². The second kappa shape index (κ2) is 6.39. The molecular weight excluding hydrogens is 379 g/mol. The summed E-state index contributed by atoms with van der Waals surface area (Å²) in [5.41, 5.74) is 0.0254. The van der Waals surface area contributed by atoms with Gasteiger partial charge in [0.05, 0.1) is 10.5 Å². The highest BCUT2D eigenvalue weighted by Crippen LogP contribution is 2.51. The Morgan fingerprint density at radius 2 is 1.61 bits per heavy atom. The van der Waals surface area contributed by atoms with Crippen LogP contribution in [0, 0.1) is 10.1 Å². The van der Waals surface area contributed by atoms with E-state index in [2.05, 4.69) is 0 Å². The van der Waals surface area contributed by atoms with Crippen LogP contribution in [0.4, 0.5) is 18.9 Å². The molecule has 3 atom stereocenters. The van der Waals surface area contributed by atoms with Crippen LogP contribution in [0.25, 0.3) is 0 Å². The molecule has 0 aromatic heterocycles. The SMILES string of the molecule is O=C1CC[C@@]2(c3ccc(C(F)(F)F)cc3)O[C@@H]1[C@H](c1ccc([N+](=O)[O-])cc1)O2. The van der Waals surface area contributed by atoms with E-state index in [1.165, 1.54) is 36.4 Å². The Balaban J connectivity index is 1.66. The van der Waals surface area contributed by atoms with Crippen molar-refractivity contribution in [3.8, 4) is 0 Å². The van der Waals surface area contributed by atoms with Gasteiger partial charge in [0.25, 0.3) is 5.69 Å². The monoisotopic (exact) mass is 393 g/mol. The van der Waals surface area contributed by atoms with Crippen molar-refractivity contribution in [3.63, 3.8) is 0 Å². The number of carbonyl (C=O) groups excluding carboxylic acids is 1. The van der Waals surface area contributed by atoms with Crippen LogP contribution < -0.4 is 0 Å². The van der Waals surface area contributed by atoms with Gasteiger partial charge in [0, 0.05) is 30.5 Å². The number of carbonyl (C=O) groups is 1. The first-order valence-electron chi connectivity index (χ1n) is 8.50. The van der Waals surface area contributed by atoms with Crippen LogP contribution in [0.15, 0.2) is 48.5 Å². The lowest BCUT2D eigenvalue weighted by atomic mass is 9.93. The second-order valence-corrected chi connectivity index (χ2v) is 6.72. The Hall–Kier alpha value is -2.78. The molecule has 0 N–H and O–H groups in total. The molecule has 2 aliphatic heterocycles. The van der Waals surface area contributed by atoms with Crippen LogP contribution in [0.5, 0.6) is 0 Å². The molecule has 0 radical (unpaired) electrons. The van der Waals surface area contributed by atoms with Crippen molar-refractivity contribution < 1.29 is 32.4 Å². The zero-order valence-corrected chi connectivity index (χ0v) is 14.3. The van der Waals surface area contributed by atoms with Gasteiger partial charge in [-0.2, -0.15) is 13.2 Å². The largest absolute Gasteiger partial charge is 0.416 e. The van der Waals surface area contributed by atoms with E-state index in [1.807, 2.05) is 0 Å². The predicted molar refractivity (Wildman–Crippen MR) is 89.2 cm³/mol. The number of nitrogens with zero attached hydrogens (tertiary/aromatic N) is 1. The van der Waals surface area contributed by atoms with E-state index < -0.39 is 34.7 Å². The molecule has 4 rings (SSSR count). The number of hydrogen-bond donors (Lipinski definition) is 0. The minimum Gasteiger partial charge on any atom is -0.335 e. The number of fused-ring (bicyclic) bond motifs is 2. The summed E-state index contributed by atoms with van der Waals surface area (Å²) in [6.45, 7) is 0. The van der Waals surface area contributed by atoms with Gasteiger partial charge in [0.2, 0.25) is 0 Å². The van der Waals surface area contributed by atoms with Crippen LogP contribution >= 0.6 is 0 Å². The van der Waals surface area contributed by atoms with Crippen LogP contribution in [0.2, 0.25) is 0 Å². The second-order valence-electron chi connectivity index (χ2n) is 6.72. The average molecular weight is 393 g/mol. The molecule has 146 valence electrons. The van der Waals surface area contributed by atoms with Gasteiger partial charge in [-0.05, 0) is 29.8 Å². The summed E-state index contributed by atoms with van der Waals surface area (Å²) in [5.74, 6) is -1.50. The Kier molecular flexibility index (Phi) is 4.24. The fraction of sp³-hybridized carbons (Fsp3) is 0.316. The fourth-order valence-electron chi connectivity index (χ4n) is 3.57. The summed E-state index contributed by atoms with van der Waals surface area (Å²) in [6, 6.07) is 10.0. The molecule has 2 aliphatic rings. The Morgan fingerprint density at radius 1 is 1.00 bits per heavy atom. The summed E-state index contributed by atoms with van der Waals surface area (Å²) in [6.07, 6.45) is -5.83. The molecule has 2 fully saturated rings. The molecule has 2 saturated heterocycles. The number of Topliss-reactive ketones (excluding diaryl/α,β-unsaturated/α-hetero) is 1. The Labute approximate surface area is 157 Å². The summed E-state index contributed by atoms with van der Waals surface area (Å²) in [7, 11) is 0. The molecule has 0 unspecified atom stereocenters. The van der Waals surface area contributed by atoms with Gasteiger partial charge in [0.1, 0.15) is 12.2 Å². The van der Waals surface area contributed by atoms with E-state index >= 15 is 0 Å². The minimum absolute atomic E-state index is 0.102. The maximum absolute atomic E-state index is 12.8. The van der Waals surface area contributed by atoms with Crippen molar-refractivity contribution in [2.45, 2.75) is 37.0 Å². The van der Waals surface area contributed by atoms with Crippen molar-refractivity contribution in [2.75, 3.05) is 0 Å². The summed E-state index contributed by atoms with van der Waals surface area (Å²) in [4.78, 5) is 22.6. The van der Waals surface area contributed by atoms with E-state index in [0.717, 1.165) is 12.1 Å². The quantitative estimate of drug-likeness (QED) is 0.574. The molecule has 0 aliphatic carbocycles. The fourth-order valence-corrected chi connectivity index (χ4v) is 3.57. The number of ketones is 1. The number of benzene rings is 2. The summed E-state index contributed by atoms with van der Waals surface area (Å²) in [5, 5.41) is 10.8. The molecule has 6 nitrogen and oxygen atoms in total. The number of hydrogen-bond acceptors (Lipinski definition) is 5. The number of nitro groups is 1. The summed E-state index contributed by atoms with van der Waals surface area (Å²) >= 11 is 0. The number of halogens is 3. The topological polar surface area (TPSA) is 78.7 Å². The van der Waals surface area contributed by atoms with Gasteiger partial charge in [0.15, 0.2) is 11.6 Å². The van der Waals surface area contributed by atoms with E-state index in [1.54, 1.807) is 0 Å². The lowest BCUT2D eigenvalue weighted by Gasteiger charge is -2.31. The molecule has 2 heterocycles. The first-order chi connectivity index (χ1) is 13.2. The van der Waals surface area contributed by atoms with Crippen molar-refractivity contribution in [3.05, 3.63) is 75.3 Å². The first-order valence-corrected chi connectivity index (χ1v) is 8.50. The van der Waals surface area contributed by atoms with E-state index in [0.29, 0.717) is 11.1 Å². The third-order valence-electron chi connectivity index (χ3n) is 5.01. The zero-order chi connectivity index (χ0) is 20.1. The van der Waals surface area contributed by atoms with Crippen molar-refractivity contribution >= 4 is 11.5 Å². The maximum atomic E-state index is 12.8. The summed E-state index contributed by atoms with van der Waals surface area (Å²) < 4.78 is 50.4. The predicted octanol–water partition coefficient (Wildman–Crippen LogP) is 4.29. The van der Waals surface area contributed by atoms with Gasteiger partial charge in [-0.3, -0.25) is 14.9 Å². The van der Waals surface area contributed by atoms with Gasteiger partial charge in [-0.25, -0.2) is 0 Å². The molecule has 9 heteroatoms. The maximum Gasteiger partial charge on any atom is 0.416 e. The minimum atomic E-state index is -4.46. The molecule has 0 spiro atoms. The van der Waals surface area contributed by atoms with E-state index in [4.69, 9.17) is 9.47 Å². The van der Waals surface area contributed by atoms with Crippen LogP contribution in [0.3, 0.4) is 0 Å². The molecular formula is C19H14F3NO5. The highest BCUT2D eigenvalue weighted by Gasteiger charge is 2.55. The smallest absolute Gasteiger partial charge is 0.335 e. The van der Waals surface area contributed by atoms with E-state index in [-0.39, 0.29) is 24.3 Å². The number of alkyl halides is 3. The van der Waals surface area contributed by atoms with Crippen molar-refractivity contribution in [1.29, 1.82) is 0 Å². The number of ether oxygens (including phenoxy) is 2. The normalized spacial score (nSPS) is 27.0. The van der Waals surface area contributed by atoms with Crippen LogP contribution in [0.1, 0.15) is 35.6 Å². The number of nitro benzene ring substituents is 1. The highest BCUT2D eigenvalue weighted by atomic mass is 19.4. The first kappa shape index (κ1) is 18.6. The van der Waals surface area contributed by atoms with E-state index in [9.17, 15) is 28.1 Å². The molecule has 2 bridgehead atoms.